The van der Waals surface area contributed by atoms with Crippen LogP contribution in [0.15, 0.2) is 48.8 Å². The molecule has 1 amide bonds. The monoisotopic (exact) mass is 266 g/mol. The van der Waals surface area contributed by atoms with Crippen LogP contribution in [0.4, 0.5) is 11.4 Å². The van der Waals surface area contributed by atoms with Gasteiger partial charge in [-0.05, 0) is 18.2 Å². The molecule has 0 atom stereocenters. The molecule has 1 aromatic carbocycles. The van der Waals surface area contributed by atoms with Crippen LogP contribution in [-0.4, -0.2) is 15.5 Å². The second-order valence-corrected chi connectivity index (χ2v) is 4.60. The molecule has 5 heteroatoms. The summed E-state index contributed by atoms with van der Waals surface area (Å²) in [6.07, 6.45) is 3.41. The number of fused-ring (bicyclic) bond motifs is 1. The first-order chi connectivity index (χ1) is 9.65. The topological polar surface area (TPSA) is 72.9 Å². The predicted octanol–water partition coefficient (Wildman–Crippen LogP) is 2.41. The van der Waals surface area contributed by atoms with Crippen LogP contribution in [0, 0.1) is 0 Å². The van der Waals surface area contributed by atoms with Crippen molar-refractivity contribution in [2.75, 3.05) is 11.1 Å². The van der Waals surface area contributed by atoms with E-state index in [-0.39, 0.29) is 5.91 Å². The number of carbonyl (C=O) groups excluding carboxylic acids is 1. The zero-order chi connectivity index (χ0) is 14.1. The van der Waals surface area contributed by atoms with Crippen LogP contribution < -0.4 is 11.1 Å². The quantitative estimate of drug-likeness (QED) is 0.748. The lowest BCUT2D eigenvalue weighted by Crippen LogP contribution is -2.15. The number of nitrogens with two attached hydrogens (primary N) is 1. The molecule has 0 unspecified atom stereocenters. The molecule has 3 aromatic rings. The second-order valence-electron chi connectivity index (χ2n) is 4.60. The van der Waals surface area contributed by atoms with Crippen molar-refractivity contribution < 1.29 is 4.79 Å². The fourth-order valence-corrected chi connectivity index (χ4v) is 2.21. The van der Waals surface area contributed by atoms with Gasteiger partial charge in [-0.2, -0.15) is 0 Å². The van der Waals surface area contributed by atoms with E-state index in [0.717, 1.165) is 10.9 Å². The van der Waals surface area contributed by atoms with Gasteiger partial charge in [-0.3, -0.25) is 9.78 Å². The zero-order valence-electron chi connectivity index (χ0n) is 11.0. The van der Waals surface area contributed by atoms with Crippen molar-refractivity contribution in [1.82, 2.24) is 9.55 Å². The van der Waals surface area contributed by atoms with Gasteiger partial charge in [0.1, 0.15) is 5.69 Å². The van der Waals surface area contributed by atoms with E-state index in [1.54, 1.807) is 30.1 Å². The molecule has 2 heterocycles. The van der Waals surface area contributed by atoms with Crippen molar-refractivity contribution in [3.63, 3.8) is 0 Å². The van der Waals surface area contributed by atoms with E-state index >= 15 is 0 Å². The molecule has 2 aromatic heterocycles. The van der Waals surface area contributed by atoms with Crippen LogP contribution in [0.1, 0.15) is 10.5 Å². The summed E-state index contributed by atoms with van der Waals surface area (Å²) in [4.78, 5) is 16.6. The van der Waals surface area contributed by atoms with Gasteiger partial charge in [0.15, 0.2) is 0 Å². The van der Waals surface area contributed by atoms with E-state index in [2.05, 4.69) is 10.3 Å². The molecule has 3 N–H and O–H groups in total. The number of aryl methyl sites for hydroxylation is 1. The number of hydrogen-bond acceptors (Lipinski definition) is 3. The Labute approximate surface area is 116 Å². The van der Waals surface area contributed by atoms with Gasteiger partial charge in [0.05, 0.1) is 16.9 Å². The highest BCUT2D eigenvalue weighted by Crippen LogP contribution is 2.21. The third kappa shape index (κ3) is 2.09. The molecule has 20 heavy (non-hydrogen) atoms. The lowest BCUT2D eigenvalue weighted by Gasteiger charge is -2.08. The molecule has 0 spiro atoms. The summed E-state index contributed by atoms with van der Waals surface area (Å²) in [6.45, 7) is 0. The van der Waals surface area contributed by atoms with Gasteiger partial charge in [-0.15, -0.1) is 0 Å². The lowest BCUT2D eigenvalue weighted by atomic mass is 10.2. The summed E-state index contributed by atoms with van der Waals surface area (Å²) in [7, 11) is 1.78. The molecule has 0 saturated carbocycles. The van der Waals surface area contributed by atoms with E-state index < -0.39 is 0 Å². The molecule has 0 saturated heterocycles. The fraction of sp³-hybridized carbons (Fsp3) is 0.0667. The molecule has 3 rings (SSSR count). The fourth-order valence-electron chi connectivity index (χ4n) is 2.21. The number of benzene rings is 1. The number of hydrogen-bond donors (Lipinski definition) is 2. The van der Waals surface area contributed by atoms with Gasteiger partial charge in [-0.25, -0.2) is 0 Å². The molecular formula is C15H14N4O. The summed E-state index contributed by atoms with van der Waals surface area (Å²) in [5.41, 5.74) is 8.22. The minimum Gasteiger partial charge on any atom is -0.397 e. The van der Waals surface area contributed by atoms with Crippen molar-refractivity contribution in [3.8, 4) is 0 Å². The second kappa shape index (κ2) is 4.70. The van der Waals surface area contributed by atoms with Crippen LogP contribution in [0.5, 0.6) is 0 Å². The van der Waals surface area contributed by atoms with Crippen molar-refractivity contribution in [2.45, 2.75) is 0 Å². The van der Waals surface area contributed by atoms with E-state index in [1.165, 1.54) is 0 Å². The Morgan fingerprint density at radius 2 is 2.10 bits per heavy atom. The first kappa shape index (κ1) is 12.2. The number of pyridine rings is 1. The highest BCUT2D eigenvalue weighted by atomic mass is 16.1. The Bertz CT molecular complexity index is 786. The average Bonchev–Trinajstić information content (AvgIpc) is 2.78. The normalized spacial score (nSPS) is 10.7. The maximum Gasteiger partial charge on any atom is 0.272 e. The predicted molar refractivity (Wildman–Crippen MR) is 79.5 cm³/mol. The van der Waals surface area contributed by atoms with Gasteiger partial charge < -0.3 is 15.6 Å². The zero-order valence-corrected chi connectivity index (χ0v) is 11.0. The summed E-state index contributed by atoms with van der Waals surface area (Å²) >= 11 is 0. The molecule has 0 fully saturated rings. The lowest BCUT2D eigenvalue weighted by molar-refractivity contribution is 0.101. The Kier molecular flexibility index (Phi) is 2.87. The van der Waals surface area contributed by atoms with E-state index in [4.69, 9.17) is 5.73 Å². The summed E-state index contributed by atoms with van der Waals surface area (Å²) < 4.78 is 1.70. The Hall–Kier alpha value is -2.82. The van der Waals surface area contributed by atoms with Crippen molar-refractivity contribution in [2.24, 2.45) is 7.05 Å². The van der Waals surface area contributed by atoms with Gasteiger partial charge in [0, 0.05) is 24.8 Å². The smallest absolute Gasteiger partial charge is 0.272 e. The van der Waals surface area contributed by atoms with Gasteiger partial charge in [0.2, 0.25) is 0 Å². The highest BCUT2D eigenvalue weighted by Gasteiger charge is 2.12. The molecule has 0 aliphatic heterocycles. The standard InChI is InChI=1S/C15H14N4O/c1-19-9-11(16)8-13(19)15(20)18-12-6-2-4-10-5-3-7-17-14(10)12/h2-9H,16H2,1H3,(H,18,20). The van der Waals surface area contributed by atoms with Crippen molar-refractivity contribution in [3.05, 3.63) is 54.5 Å². The number of nitrogens with one attached hydrogen (secondary N) is 1. The maximum atomic E-state index is 12.3. The molecule has 0 radical (unpaired) electrons. The minimum absolute atomic E-state index is 0.206. The Balaban J connectivity index is 1.97. The molecule has 0 aliphatic rings. The Morgan fingerprint density at radius 1 is 1.30 bits per heavy atom. The summed E-state index contributed by atoms with van der Waals surface area (Å²) in [5, 5.41) is 3.86. The summed E-state index contributed by atoms with van der Waals surface area (Å²) in [6, 6.07) is 11.1. The van der Waals surface area contributed by atoms with Gasteiger partial charge >= 0.3 is 0 Å². The number of amides is 1. The number of nitrogen functional groups attached to an aromatic ring is 1. The minimum atomic E-state index is -0.206. The third-order valence-corrected chi connectivity index (χ3v) is 3.14. The number of para-hydroxylation sites is 1. The van der Waals surface area contributed by atoms with E-state index in [1.807, 2.05) is 30.3 Å². The molecular weight excluding hydrogens is 252 g/mol. The third-order valence-electron chi connectivity index (χ3n) is 3.14. The molecule has 5 nitrogen and oxygen atoms in total. The number of nitrogens with zero attached hydrogens (tertiary/aromatic N) is 2. The van der Waals surface area contributed by atoms with Crippen LogP contribution in [-0.2, 0) is 7.05 Å². The summed E-state index contributed by atoms with van der Waals surface area (Å²) in [5.74, 6) is -0.206. The van der Waals surface area contributed by atoms with Crippen molar-refractivity contribution in [1.29, 1.82) is 0 Å². The average molecular weight is 266 g/mol. The van der Waals surface area contributed by atoms with E-state index in [9.17, 15) is 4.79 Å². The number of anilines is 2. The largest absolute Gasteiger partial charge is 0.397 e. The number of rotatable bonds is 2. The Morgan fingerprint density at radius 3 is 2.85 bits per heavy atom. The highest BCUT2D eigenvalue weighted by molar-refractivity contribution is 6.07. The molecule has 100 valence electrons. The van der Waals surface area contributed by atoms with Crippen LogP contribution in [0.3, 0.4) is 0 Å². The number of carbonyl (C=O) groups is 1. The van der Waals surface area contributed by atoms with E-state index in [0.29, 0.717) is 17.1 Å². The first-order valence-corrected chi connectivity index (χ1v) is 6.22. The van der Waals surface area contributed by atoms with Crippen molar-refractivity contribution >= 4 is 28.2 Å². The number of aromatic nitrogens is 2. The van der Waals surface area contributed by atoms with Crippen LogP contribution >= 0.6 is 0 Å². The maximum absolute atomic E-state index is 12.3. The van der Waals surface area contributed by atoms with Crippen LogP contribution in [0.2, 0.25) is 0 Å². The van der Waals surface area contributed by atoms with Gasteiger partial charge in [-0.1, -0.05) is 18.2 Å². The first-order valence-electron chi connectivity index (χ1n) is 6.22. The van der Waals surface area contributed by atoms with Gasteiger partial charge in [0.25, 0.3) is 5.91 Å². The molecule has 0 bridgehead atoms. The SMILES string of the molecule is Cn1cc(N)cc1C(=O)Nc1cccc2cccnc12. The van der Waals surface area contributed by atoms with Crippen LogP contribution in [0.25, 0.3) is 10.9 Å². The molecule has 0 aliphatic carbocycles.